The molecule has 0 saturated heterocycles. The van der Waals surface area contributed by atoms with E-state index in [-0.39, 0.29) is 115 Å². The van der Waals surface area contributed by atoms with E-state index in [1.807, 2.05) is 0 Å². The van der Waals surface area contributed by atoms with Crippen molar-refractivity contribution in [3.8, 4) is 0 Å². The minimum absolute atomic E-state index is 0.0293. The number of carboxylic acids is 3. The number of aliphatic carboxylic acids is 3. The highest BCUT2D eigenvalue weighted by molar-refractivity contribution is 5.84. The van der Waals surface area contributed by atoms with Crippen LogP contribution in [0.15, 0.2) is 0 Å². The summed E-state index contributed by atoms with van der Waals surface area (Å²) in [6.45, 7) is 3.59. The number of unbranched alkanes of at least 4 members (excludes halogenated alkanes) is 14. The van der Waals surface area contributed by atoms with Gasteiger partial charge in [-0.1, -0.05) is 90.4 Å². The summed E-state index contributed by atoms with van der Waals surface area (Å²) in [5, 5.41) is 37.5. The Labute approximate surface area is 356 Å². The molecule has 2 atom stereocenters. The number of carboxylic acid groups (broad SMARTS) is 3. The van der Waals surface area contributed by atoms with E-state index < -0.39 is 29.9 Å². The number of nitrogens with one attached hydrogen (secondary N) is 4. The number of ether oxygens (including phenoxy) is 4. The molecule has 0 heterocycles. The zero-order valence-electron chi connectivity index (χ0n) is 36.1. The van der Waals surface area contributed by atoms with Crippen LogP contribution in [-0.2, 0) is 52.5 Å². The Kier molecular flexibility index (Phi) is 37.9. The van der Waals surface area contributed by atoms with Gasteiger partial charge in [-0.15, -0.1) is 0 Å². The van der Waals surface area contributed by atoms with Crippen LogP contribution < -0.4 is 21.3 Å². The fourth-order valence-corrected chi connectivity index (χ4v) is 5.89. The molecule has 0 spiro atoms. The van der Waals surface area contributed by atoms with Crippen molar-refractivity contribution in [2.24, 2.45) is 5.92 Å². The molecule has 0 aromatic rings. The van der Waals surface area contributed by atoms with Crippen LogP contribution in [0.5, 0.6) is 0 Å². The van der Waals surface area contributed by atoms with Crippen LogP contribution in [-0.4, -0.2) is 135 Å². The largest absolute Gasteiger partial charge is 0.481 e. The number of hydrogen-bond donors (Lipinski definition) is 7. The number of carbonyl (C=O) groups is 7. The maximum absolute atomic E-state index is 12.3. The van der Waals surface area contributed by atoms with Gasteiger partial charge in [0.15, 0.2) is 0 Å². The molecular weight excluding hydrogens is 784 g/mol. The standard InChI is InChI=1S/C42H76N4O14/c1-34(41(53)54)18-16-17-23-43-38(49)32-59-30-29-58-27-25-45-39(50)33-60-31-28-57-26-24-44-36(47)22-21-35(42(55)56)46-37(48)19-14-12-10-8-6-4-2-3-5-7-9-11-13-15-20-40(51)52/h34-35H,2-33H2,1H3,(H,43,49)(H,44,47)(H,45,50)(H,46,48)(H,51,52)(H,53,54)(H,55,56)/t34-,35-/m0/s1. The Hall–Kier alpha value is -3.87. The molecule has 0 radical (unpaired) electrons. The smallest absolute Gasteiger partial charge is 0.326 e. The zero-order chi connectivity index (χ0) is 44.5. The van der Waals surface area contributed by atoms with Gasteiger partial charge in [0, 0.05) is 38.9 Å². The molecule has 0 aromatic carbocycles. The highest BCUT2D eigenvalue weighted by atomic mass is 16.5. The van der Waals surface area contributed by atoms with Crippen molar-refractivity contribution in [1.29, 1.82) is 0 Å². The molecule has 18 nitrogen and oxygen atoms in total. The van der Waals surface area contributed by atoms with Gasteiger partial charge in [-0.25, -0.2) is 4.79 Å². The predicted molar refractivity (Wildman–Crippen MR) is 223 cm³/mol. The summed E-state index contributed by atoms with van der Waals surface area (Å²) < 4.78 is 21.3. The van der Waals surface area contributed by atoms with Crippen LogP contribution in [0.1, 0.15) is 142 Å². The zero-order valence-corrected chi connectivity index (χ0v) is 36.1. The Balaban J connectivity index is 3.65. The number of hydrogen-bond acceptors (Lipinski definition) is 11. The first-order valence-corrected chi connectivity index (χ1v) is 22.0. The second-order valence-corrected chi connectivity index (χ2v) is 15.0. The molecule has 0 unspecified atom stereocenters. The molecule has 18 heteroatoms. The summed E-state index contributed by atoms with van der Waals surface area (Å²) >= 11 is 0. The number of carbonyl (C=O) groups excluding carboxylic acids is 4. The lowest BCUT2D eigenvalue weighted by molar-refractivity contribution is -0.142. The average molecular weight is 861 g/mol. The third kappa shape index (κ3) is 39.6. The van der Waals surface area contributed by atoms with E-state index in [2.05, 4.69) is 21.3 Å². The van der Waals surface area contributed by atoms with Crippen LogP contribution in [0.2, 0.25) is 0 Å². The first-order valence-electron chi connectivity index (χ1n) is 22.0. The first kappa shape index (κ1) is 56.1. The highest BCUT2D eigenvalue weighted by Crippen LogP contribution is 2.14. The first-order chi connectivity index (χ1) is 28.9. The van der Waals surface area contributed by atoms with Crippen LogP contribution in [0.3, 0.4) is 0 Å². The van der Waals surface area contributed by atoms with Gasteiger partial charge in [-0.3, -0.25) is 28.8 Å². The van der Waals surface area contributed by atoms with Gasteiger partial charge >= 0.3 is 17.9 Å². The van der Waals surface area contributed by atoms with Gasteiger partial charge < -0.3 is 55.5 Å². The van der Waals surface area contributed by atoms with Gasteiger partial charge in [0.2, 0.25) is 23.6 Å². The van der Waals surface area contributed by atoms with Gasteiger partial charge in [-0.05, 0) is 32.1 Å². The predicted octanol–water partition coefficient (Wildman–Crippen LogP) is 3.97. The van der Waals surface area contributed by atoms with E-state index in [0.717, 1.165) is 38.5 Å². The van der Waals surface area contributed by atoms with Gasteiger partial charge in [0.1, 0.15) is 19.3 Å². The molecule has 60 heavy (non-hydrogen) atoms. The molecule has 0 aromatic heterocycles. The van der Waals surface area contributed by atoms with Crippen molar-refractivity contribution in [3.63, 3.8) is 0 Å². The average Bonchev–Trinajstić information content (AvgIpc) is 3.20. The second kappa shape index (κ2) is 40.5. The van der Waals surface area contributed by atoms with Crippen LogP contribution >= 0.6 is 0 Å². The van der Waals surface area contributed by atoms with E-state index in [1.54, 1.807) is 6.92 Å². The quantitative estimate of drug-likeness (QED) is 0.0428. The minimum atomic E-state index is -1.19. The fraction of sp³-hybridized carbons (Fsp3) is 0.833. The van der Waals surface area contributed by atoms with E-state index in [1.165, 1.54) is 44.9 Å². The summed E-state index contributed by atoms with van der Waals surface area (Å²) in [6, 6.07) is -1.14. The molecule has 0 bridgehead atoms. The van der Waals surface area contributed by atoms with E-state index in [4.69, 9.17) is 29.2 Å². The summed E-state index contributed by atoms with van der Waals surface area (Å²) in [5.41, 5.74) is 0. The van der Waals surface area contributed by atoms with Crippen molar-refractivity contribution in [2.75, 3.05) is 72.5 Å². The van der Waals surface area contributed by atoms with Crippen molar-refractivity contribution in [2.45, 2.75) is 148 Å². The van der Waals surface area contributed by atoms with E-state index in [0.29, 0.717) is 32.2 Å². The number of amides is 4. The van der Waals surface area contributed by atoms with Gasteiger partial charge in [0.25, 0.3) is 0 Å². The Morgan fingerprint density at radius 3 is 1.32 bits per heavy atom. The second-order valence-electron chi connectivity index (χ2n) is 15.0. The monoisotopic (exact) mass is 861 g/mol. The molecule has 0 fully saturated rings. The Bertz CT molecular complexity index is 1180. The molecule has 0 rings (SSSR count). The van der Waals surface area contributed by atoms with Crippen LogP contribution in [0, 0.1) is 5.92 Å². The molecule has 0 aliphatic carbocycles. The maximum Gasteiger partial charge on any atom is 0.326 e. The van der Waals surface area contributed by atoms with Gasteiger partial charge in [-0.2, -0.15) is 0 Å². The van der Waals surface area contributed by atoms with E-state index in [9.17, 15) is 38.7 Å². The van der Waals surface area contributed by atoms with Crippen molar-refractivity contribution in [1.82, 2.24) is 21.3 Å². The fourth-order valence-electron chi connectivity index (χ4n) is 5.89. The summed E-state index contributed by atoms with van der Waals surface area (Å²) in [4.78, 5) is 81.1. The maximum atomic E-state index is 12.3. The molecular formula is C42H76N4O14. The third-order valence-electron chi connectivity index (χ3n) is 9.49. The Morgan fingerprint density at radius 2 is 0.850 bits per heavy atom. The summed E-state index contributed by atoms with van der Waals surface area (Å²) in [6.07, 6.45) is 17.4. The van der Waals surface area contributed by atoms with Gasteiger partial charge in [0.05, 0.1) is 45.6 Å². The van der Waals surface area contributed by atoms with Crippen molar-refractivity contribution < 1.29 is 67.8 Å². The summed E-state index contributed by atoms with van der Waals surface area (Å²) in [5.74, 6) is -4.39. The van der Waals surface area contributed by atoms with Crippen molar-refractivity contribution in [3.05, 3.63) is 0 Å². The molecule has 0 aliphatic heterocycles. The molecule has 348 valence electrons. The molecule has 0 aliphatic rings. The highest BCUT2D eigenvalue weighted by Gasteiger charge is 2.21. The van der Waals surface area contributed by atoms with E-state index >= 15 is 0 Å². The van der Waals surface area contributed by atoms with Crippen LogP contribution in [0.4, 0.5) is 0 Å². The topological polar surface area (TPSA) is 265 Å². The third-order valence-corrected chi connectivity index (χ3v) is 9.49. The lowest BCUT2D eigenvalue weighted by Gasteiger charge is -2.14. The minimum Gasteiger partial charge on any atom is -0.481 e. The lowest BCUT2D eigenvalue weighted by Crippen LogP contribution is -2.41. The number of rotatable bonds is 44. The van der Waals surface area contributed by atoms with Crippen LogP contribution in [0.25, 0.3) is 0 Å². The van der Waals surface area contributed by atoms with Crippen molar-refractivity contribution >= 4 is 41.5 Å². The normalized spacial score (nSPS) is 12.0. The molecule has 0 saturated carbocycles. The molecule has 4 amide bonds. The lowest BCUT2D eigenvalue weighted by atomic mass is 10.0. The Morgan fingerprint density at radius 1 is 0.417 bits per heavy atom. The SMILES string of the molecule is C[C@@H](CCCCNC(=O)COCCOCCNC(=O)COCCOCCNC(=O)CC[C@H](NC(=O)CCCCCCCCCCCCCCCCC(=O)O)C(=O)O)C(=O)O. The summed E-state index contributed by atoms with van der Waals surface area (Å²) in [7, 11) is 0. The molecule has 7 N–H and O–H groups in total.